The molecule has 3 N–H and O–H groups in total. The number of aliphatic hydroxyl groups is 3. The van der Waals surface area contributed by atoms with Crippen LogP contribution in [0.15, 0.2) is 11.5 Å². The van der Waals surface area contributed by atoms with Crippen LogP contribution >= 0.6 is 15.9 Å². The molecule has 0 amide bonds. The number of carbonyl (C=O) groups is 1. The molecule has 0 radical (unpaired) electrons. The second kappa shape index (κ2) is 2.95. The first-order chi connectivity index (χ1) is 5.57. The van der Waals surface area contributed by atoms with Crippen molar-refractivity contribution in [3.8, 4) is 0 Å². The molecule has 0 fully saturated rings. The monoisotopic (exact) mass is 238 g/mol. The fourth-order valence-corrected chi connectivity index (χ4v) is 1.38. The van der Waals surface area contributed by atoms with E-state index < -0.39 is 29.7 Å². The van der Waals surface area contributed by atoms with Crippen LogP contribution in [0.1, 0.15) is 0 Å². The van der Waals surface area contributed by atoms with E-state index in [0.717, 1.165) is 0 Å². The Kier molecular flexibility index (Phi) is 2.29. The molecule has 12 heavy (non-hydrogen) atoms. The zero-order valence-electron chi connectivity index (χ0n) is 5.95. The zero-order valence-corrected chi connectivity index (χ0v) is 7.54. The number of esters is 1. The molecule has 1 aliphatic heterocycles. The summed E-state index contributed by atoms with van der Waals surface area (Å²) in [7, 11) is 0. The quantitative estimate of drug-likeness (QED) is 0.466. The van der Waals surface area contributed by atoms with Gasteiger partial charge in [0.25, 0.3) is 0 Å². The Labute approximate surface area is 76.4 Å². The highest BCUT2D eigenvalue weighted by atomic mass is 79.9. The molecule has 68 valence electrons. The van der Waals surface area contributed by atoms with Gasteiger partial charge in [-0.15, -0.1) is 0 Å². The smallest absolute Gasteiger partial charge is 0.378 e. The van der Waals surface area contributed by atoms with Gasteiger partial charge >= 0.3 is 5.97 Å². The van der Waals surface area contributed by atoms with E-state index in [-0.39, 0.29) is 5.33 Å². The Morgan fingerprint density at radius 1 is 1.50 bits per heavy atom. The van der Waals surface area contributed by atoms with Crippen LogP contribution in [0.3, 0.4) is 0 Å². The average molecular weight is 239 g/mol. The predicted octanol–water partition coefficient (Wildman–Crippen LogP) is -0.00320. The van der Waals surface area contributed by atoms with Gasteiger partial charge in [-0.05, 0) is 0 Å². The van der Waals surface area contributed by atoms with Gasteiger partial charge in [-0.3, -0.25) is 0 Å². The molecule has 0 saturated heterocycles. The van der Waals surface area contributed by atoms with Crippen molar-refractivity contribution >= 4 is 21.9 Å². The van der Waals surface area contributed by atoms with E-state index in [1.54, 1.807) is 0 Å². The number of hydrogen-bond acceptors (Lipinski definition) is 5. The van der Waals surface area contributed by atoms with Gasteiger partial charge in [-0.1, -0.05) is 15.9 Å². The van der Waals surface area contributed by atoms with Crippen molar-refractivity contribution in [3.63, 3.8) is 0 Å². The minimum atomic E-state index is -1.51. The first-order valence-corrected chi connectivity index (χ1v) is 4.22. The first kappa shape index (κ1) is 9.34. The number of rotatable bonds is 2. The van der Waals surface area contributed by atoms with E-state index in [9.17, 15) is 9.90 Å². The van der Waals surface area contributed by atoms with Gasteiger partial charge in [-0.2, -0.15) is 0 Å². The average Bonchev–Trinajstić information content (AvgIpc) is 2.30. The lowest BCUT2D eigenvalue weighted by molar-refractivity contribution is -0.151. The molecule has 1 unspecified atom stereocenters. The summed E-state index contributed by atoms with van der Waals surface area (Å²) in [6.45, 7) is -0.583. The van der Waals surface area contributed by atoms with Crippen LogP contribution in [0.25, 0.3) is 0 Å². The van der Waals surface area contributed by atoms with Crippen LogP contribution in [0.2, 0.25) is 0 Å². The lowest BCUT2D eigenvalue weighted by Gasteiger charge is -2.21. The summed E-state index contributed by atoms with van der Waals surface area (Å²) in [5.41, 5.74) is -1.51. The Bertz CT molecular complexity index is 242. The van der Waals surface area contributed by atoms with Crippen molar-refractivity contribution in [2.75, 3.05) is 11.9 Å². The van der Waals surface area contributed by atoms with Crippen LogP contribution in [0.5, 0.6) is 0 Å². The molecule has 0 saturated carbocycles. The SMILES string of the molecule is O=C1OC(CO)(CBr)C(O)=C1O. The molecule has 0 aromatic rings. The van der Waals surface area contributed by atoms with Crippen molar-refractivity contribution in [2.45, 2.75) is 5.60 Å². The largest absolute Gasteiger partial charge is 0.505 e. The number of aliphatic hydroxyl groups excluding tert-OH is 3. The van der Waals surface area contributed by atoms with Gasteiger partial charge in [0.2, 0.25) is 11.4 Å². The van der Waals surface area contributed by atoms with Gasteiger partial charge < -0.3 is 20.1 Å². The fourth-order valence-electron chi connectivity index (χ4n) is 0.827. The number of hydrogen-bond donors (Lipinski definition) is 3. The van der Waals surface area contributed by atoms with Crippen molar-refractivity contribution in [2.24, 2.45) is 0 Å². The minimum absolute atomic E-state index is 0.0259. The number of ether oxygens (including phenoxy) is 1. The third-order valence-electron chi connectivity index (χ3n) is 1.61. The molecule has 1 aliphatic rings. The number of alkyl halides is 1. The minimum Gasteiger partial charge on any atom is -0.505 e. The third kappa shape index (κ3) is 1.07. The summed E-state index contributed by atoms with van der Waals surface area (Å²) in [6.07, 6.45) is 0. The Morgan fingerprint density at radius 2 is 2.08 bits per heavy atom. The van der Waals surface area contributed by atoms with Crippen LogP contribution in [-0.4, -0.2) is 38.8 Å². The molecule has 1 rings (SSSR count). The summed E-state index contributed by atoms with van der Waals surface area (Å²) in [4.78, 5) is 10.7. The van der Waals surface area contributed by atoms with E-state index in [0.29, 0.717) is 0 Å². The predicted molar refractivity (Wildman–Crippen MR) is 42.0 cm³/mol. The lowest BCUT2D eigenvalue weighted by atomic mass is 10.1. The summed E-state index contributed by atoms with van der Waals surface area (Å²) in [5, 5.41) is 26.9. The molecule has 5 nitrogen and oxygen atoms in total. The van der Waals surface area contributed by atoms with Crippen LogP contribution in [0, 0.1) is 0 Å². The van der Waals surface area contributed by atoms with Gasteiger partial charge in [0.15, 0.2) is 5.76 Å². The molecule has 0 aliphatic carbocycles. The van der Waals surface area contributed by atoms with Crippen LogP contribution in [-0.2, 0) is 9.53 Å². The van der Waals surface area contributed by atoms with Crippen molar-refractivity contribution < 1.29 is 24.9 Å². The molecule has 6 heteroatoms. The summed E-state index contributed by atoms with van der Waals surface area (Å²) in [5.74, 6) is -2.50. The fraction of sp³-hybridized carbons (Fsp3) is 0.500. The maximum atomic E-state index is 10.7. The van der Waals surface area contributed by atoms with Gasteiger partial charge in [-0.25, -0.2) is 4.79 Å². The molecule has 0 aromatic carbocycles. The maximum absolute atomic E-state index is 10.7. The zero-order chi connectivity index (χ0) is 9.35. The van der Waals surface area contributed by atoms with E-state index in [1.807, 2.05) is 0 Å². The second-order valence-electron chi connectivity index (χ2n) is 2.37. The molecular weight excluding hydrogens is 232 g/mol. The molecule has 0 bridgehead atoms. The van der Waals surface area contributed by atoms with Gasteiger partial charge in [0.05, 0.1) is 11.9 Å². The highest BCUT2D eigenvalue weighted by molar-refractivity contribution is 9.09. The Morgan fingerprint density at radius 3 is 2.25 bits per heavy atom. The molecule has 0 spiro atoms. The summed E-state index contributed by atoms with van der Waals surface area (Å²) in [6, 6.07) is 0. The van der Waals surface area contributed by atoms with Crippen molar-refractivity contribution in [1.29, 1.82) is 0 Å². The first-order valence-electron chi connectivity index (χ1n) is 3.10. The van der Waals surface area contributed by atoms with Gasteiger partial charge in [0.1, 0.15) is 0 Å². The van der Waals surface area contributed by atoms with Crippen molar-refractivity contribution in [1.82, 2.24) is 0 Å². The standard InChI is InChI=1S/C6H7BrO5/c7-1-6(2-8)4(10)3(9)5(11)12-6/h8-10H,1-2H2. The maximum Gasteiger partial charge on any atom is 0.378 e. The van der Waals surface area contributed by atoms with E-state index in [2.05, 4.69) is 20.7 Å². The van der Waals surface area contributed by atoms with Crippen LogP contribution in [0.4, 0.5) is 0 Å². The topological polar surface area (TPSA) is 87.0 Å². The highest BCUT2D eigenvalue weighted by Gasteiger charge is 2.47. The Hall–Kier alpha value is -0.750. The molecule has 0 aromatic heterocycles. The third-order valence-corrected chi connectivity index (χ3v) is 2.51. The van der Waals surface area contributed by atoms with E-state index in [4.69, 9.17) is 10.2 Å². The number of carbonyl (C=O) groups excluding carboxylic acids is 1. The molecule has 1 atom stereocenters. The van der Waals surface area contributed by atoms with Crippen molar-refractivity contribution in [3.05, 3.63) is 11.5 Å². The summed E-state index contributed by atoms with van der Waals surface area (Å²) >= 11 is 2.95. The van der Waals surface area contributed by atoms with E-state index in [1.165, 1.54) is 0 Å². The van der Waals surface area contributed by atoms with E-state index >= 15 is 0 Å². The summed E-state index contributed by atoms with van der Waals surface area (Å²) < 4.78 is 4.56. The Balaban J connectivity index is 3.05. The number of cyclic esters (lactones) is 1. The lowest BCUT2D eigenvalue weighted by Crippen LogP contribution is -2.38. The van der Waals surface area contributed by atoms with Gasteiger partial charge in [0, 0.05) is 0 Å². The molecule has 1 heterocycles. The van der Waals surface area contributed by atoms with Crippen LogP contribution < -0.4 is 0 Å². The second-order valence-corrected chi connectivity index (χ2v) is 2.93. The number of halogens is 1. The highest BCUT2D eigenvalue weighted by Crippen LogP contribution is 2.31. The molecular formula is C6H7BrO5. The normalized spacial score (nSPS) is 29.3.